The molecule has 1 N–H and O–H groups in total. The summed E-state index contributed by atoms with van der Waals surface area (Å²) in [5.41, 5.74) is 2.79. The smallest absolute Gasteiger partial charge is 0.243 e. The number of anilines is 1. The number of hydrogen-bond acceptors (Lipinski definition) is 3. The standard InChI is InChI=1S/C22H26Cl2N2O3S/c1-3-15-5-10-20(24)19(4-2)21(15)25-22(27)16-11-13-26(14-12-16)30(28,29)18-8-6-17(23)7-9-18/h5-10,16H,3-4,11-14H2,1-2H3,(H,25,27). The number of carbonyl (C=O) groups is 1. The Morgan fingerprint density at radius 1 is 1.03 bits per heavy atom. The molecule has 2 aromatic rings. The van der Waals surface area contributed by atoms with Crippen molar-refractivity contribution in [2.45, 2.75) is 44.4 Å². The summed E-state index contributed by atoms with van der Waals surface area (Å²) in [6.07, 6.45) is 2.46. The Kier molecular flexibility index (Phi) is 7.45. The third-order valence-corrected chi connectivity index (χ3v) is 8.12. The van der Waals surface area contributed by atoms with Gasteiger partial charge in [0, 0.05) is 34.7 Å². The van der Waals surface area contributed by atoms with Gasteiger partial charge in [-0.25, -0.2) is 8.42 Å². The molecule has 1 saturated heterocycles. The number of rotatable bonds is 6. The molecule has 1 aliphatic rings. The monoisotopic (exact) mass is 468 g/mol. The minimum absolute atomic E-state index is 0.0785. The van der Waals surface area contributed by atoms with Crippen LogP contribution in [0.5, 0.6) is 0 Å². The van der Waals surface area contributed by atoms with Crippen molar-refractivity contribution in [3.63, 3.8) is 0 Å². The van der Waals surface area contributed by atoms with Crippen LogP contribution in [0.25, 0.3) is 0 Å². The maximum absolute atomic E-state index is 12.9. The minimum Gasteiger partial charge on any atom is -0.325 e. The van der Waals surface area contributed by atoms with Gasteiger partial charge in [-0.2, -0.15) is 4.31 Å². The van der Waals surface area contributed by atoms with Crippen LogP contribution in [0.4, 0.5) is 5.69 Å². The predicted octanol–water partition coefficient (Wildman–Crippen LogP) is 5.16. The molecule has 2 aromatic carbocycles. The maximum atomic E-state index is 12.9. The molecule has 0 aliphatic carbocycles. The normalized spacial score (nSPS) is 15.9. The Morgan fingerprint density at radius 2 is 1.67 bits per heavy atom. The molecule has 162 valence electrons. The summed E-state index contributed by atoms with van der Waals surface area (Å²) < 4.78 is 27.1. The Bertz CT molecular complexity index is 1020. The maximum Gasteiger partial charge on any atom is 0.243 e. The van der Waals surface area contributed by atoms with Gasteiger partial charge < -0.3 is 5.32 Å². The molecule has 8 heteroatoms. The highest BCUT2D eigenvalue weighted by atomic mass is 35.5. The number of carbonyl (C=O) groups excluding carboxylic acids is 1. The van der Waals surface area contributed by atoms with Crippen LogP contribution in [-0.2, 0) is 27.7 Å². The first-order valence-corrected chi connectivity index (χ1v) is 12.3. The number of sulfonamides is 1. The van der Waals surface area contributed by atoms with Crippen LogP contribution >= 0.6 is 23.2 Å². The fourth-order valence-electron chi connectivity index (χ4n) is 3.81. The highest BCUT2D eigenvalue weighted by Crippen LogP contribution is 2.31. The Morgan fingerprint density at radius 3 is 2.23 bits per heavy atom. The number of piperidine rings is 1. The first-order valence-electron chi connectivity index (χ1n) is 10.1. The van der Waals surface area contributed by atoms with Gasteiger partial charge in [0.15, 0.2) is 0 Å². The quantitative estimate of drug-likeness (QED) is 0.636. The summed E-state index contributed by atoms with van der Waals surface area (Å²) in [5, 5.41) is 4.21. The molecule has 0 atom stereocenters. The van der Waals surface area contributed by atoms with Crippen LogP contribution in [0.1, 0.15) is 37.8 Å². The average Bonchev–Trinajstić information content (AvgIpc) is 2.74. The zero-order valence-corrected chi connectivity index (χ0v) is 19.4. The zero-order valence-electron chi connectivity index (χ0n) is 17.1. The van der Waals surface area contributed by atoms with Gasteiger partial charge >= 0.3 is 0 Å². The first kappa shape index (κ1) is 23.1. The van der Waals surface area contributed by atoms with Crippen LogP contribution < -0.4 is 5.32 Å². The fourth-order valence-corrected chi connectivity index (χ4v) is 5.69. The van der Waals surface area contributed by atoms with Crippen molar-refractivity contribution >= 4 is 44.8 Å². The van der Waals surface area contributed by atoms with E-state index in [1.54, 1.807) is 12.1 Å². The molecule has 0 unspecified atom stereocenters. The van der Waals surface area contributed by atoms with E-state index < -0.39 is 10.0 Å². The molecule has 0 bridgehead atoms. The largest absolute Gasteiger partial charge is 0.325 e. The number of nitrogens with one attached hydrogen (secondary N) is 1. The van der Waals surface area contributed by atoms with Crippen LogP contribution in [0.2, 0.25) is 10.0 Å². The number of halogens is 2. The van der Waals surface area contributed by atoms with E-state index in [0.29, 0.717) is 36.0 Å². The Balaban J connectivity index is 1.69. The number of amides is 1. The summed E-state index contributed by atoms with van der Waals surface area (Å²) in [6, 6.07) is 9.96. The lowest BCUT2D eigenvalue weighted by Gasteiger charge is -2.31. The summed E-state index contributed by atoms with van der Waals surface area (Å²) >= 11 is 12.2. The van der Waals surface area contributed by atoms with E-state index in [1.807, 2.05) is 26.0 Å². The van der Waals surface area contributed by atoms with E-state index in [9.17, 15) is 13.2 Å². The number of nitrogens with zero attached hydrogens (tertiary/aromatic N) is 1. The molecular formula is C22H26Cl2N2O3S. The van der Waals surface area contributed by atoms with E-state index in [4.69, 9.17) is 23.2 Å². The van der Waals surface area contributed by atoms with Crippen molar-refractivity contribution in [1.82, 2.24) is 4.31 Å². The lowest BCUT2D eigenvalue weighted by molar-refractivity contribution is -0.120. The number of hydrogen-bond donors (Lipinski definition) is 1. The number of aryl methyl sites for hydroxylation is 1. The summed E-state index contributed by atoms with van der Waals surface area (Å²) in [4.78, 5) is 13.2. The predicted molar refractivity (Wildman–Crippen MR) is 122 cm³/mol. The third kappa shape index (κ3) is 4.83. The van der Waals surface area contributed by atoms with Gasteiger partial charge in [0.2, 0.25) is 15.9 Å². The van der Waals surface area contributed by atoms with Gasteiger partial charge in [-0.05, 0) is 67.1 Å². The summed E-state index contributed by atoms with van der Waals surface area (Å²) in [7, 11) is -3.59. The van der Waals surface area contributed by atoms with Gasteiger partial charge in [0.05, 0.1) is 4.90 Å². The van der Waals surface area contributed by atoms with Crippen molar-refractivity contribution in [1.29, 1.82) is 0 Å². The molecule has 5 nitrogen and oxygen atoms in total. The first-order chi connectivity index (χ1) is 14.3. The van der Waals surface area contributed by atoms with Crippen molar-refractivity contribution < 1.29 is 13.2 Å². The van der Waals surface area contributed by atoms with Crippen LogP contribution in [0.15, 0.2) is 41.3 Å². The molecule has 0 saturated carbocycles. The van der Waals surface area contributed by atoms with Crippen molar-refractivity contribution in [2.75, 3.05) is 18.4 Å². The minimum atomic E-state index is -3.59. The molecule has 3 rings (SSSR count). The fraction of sp³-hybridized carbons (Fsp3) is 0.409. The van der Waals surface area contributed by atoms with E-state index >= 15 is 0 Å². The zero-order chi connectivity index (χ0) is 21.9. The second-order valence-electron chi connectivity index (χ2n) is 7.39. The topological polar surface area (TPSA) is 66.5 Å². The molecule has 1 fully saturated rings. The molecule has 0 aromatic heterocycles. The molecule has 1 aliphatic heterocycles. The average molecular weight is 469 g/mol. The third-order valence-electron chi connectivity index (χ3n) is 5.60. The second-order valence-corrected chi connectivity index (χ2v) is 10.2. The molecule has 0 radical (unpaired) electrons. The molecule has 0 spiro atoms. The van der Waals surface area contributed by atoms with E-state index in [1.165, 1.54) is 16.4 Å². The number of benzene rings is 2. The molecule has 1 heterocycles. The van der Waals surface area contributed by atoms with E-state index in [2.05, 4.69) is 5.32 Å². The van der Waals surface area contributed by atoms with Crippen molar-refractivity contribution in [3.8, 4) is 0 Å². The summed E-state index contributed by atoms with van der Waals surface area (Å²) in [6.45, 7) is 4.66. The highest BCUT2D eigenvalue weighted by molar-refractivity contribution is 7.89. The van der Waals surface area contributed by atoms with Gasteiger partial charge in [-0.15, -0.1) is 0 Å². The molecule has 30 heavy (non-hydrogen) atoms. The lowest BCUT2D eigenvalue weighted by Crippen LogP contribution is -2.41. The van der Waals surface area contributed by atoms with Crippen LogP contribution in [0, 0.1) is 5.92 Å². The highest BCUT2D eigenvalue weighted by Gasteiger charge is 2.32. The lowest BCUT2D eigenvalue weighted by atomic mass is 9.96. The van der Waals surface area contributed by atoms with E-state index in [-0.39, 0.29) is 16.7 Å². The molecule has 1 amide bonds. The Hall–Kier alpha value is -1.60. The Labute approximate surface area is 188 Å². The van der Waals surface area contributed by atoms with E-state index in [0.717, 1.165) is 29.7 Å². The SMILES string of the molecule is CCc1ccc(Cl)c(CC)c1NC(=O)C1CCN(S(=O)(=O)c2ccc(Cl)cc2)CC1. The van der Waals surface area contributed by atoms with Crippen molar-refractivity contribution in [3.05, 3.63) is 57.6 Å². The van der Waals surface area contributed by atoms with Crippen LogP contribution in [0.3, 0.4) is 0 Å². The van der Waals surface area contributed by atoms with Gasteiger partial charge in [0.1, 0.15) is 0 Å². The van der Waals surface area contributed by atoms with Gasteiger partial charge in [-0.1, -0.05) is 43.1 Å². The second kappa shape index (κ2) is 9.69. The van der Waals surface area contributed by atoms with Gasteiger partial charge in [0.25, 0.3) is 0 Å². The van der Waals surface area contributed by atoms with Crippen LogP contribution in [-0.4, -0.2) is 31.7 Å². The molecular weight excluding hydrogens is 443 g/mol. The summed E-state index contributed by atoms with van der Waals surface area (Å²) in [5.74, 6) is -0.319. The van der Waals surface area contributed by atoms with Gasteiger partial charge in [-0.3, -0.25) is 4.79 Å². The van der Waals surface area contributed by atoms with Crippen molar-refractivity contribution in [2.24, 2.45) is 5.92 Å².